The summed E-state index contributed by atoms with van der Waals surface area (Å²) < 4.78 is 1.40. The lowest BCUT2D eigenvalue weighted by atomic mass is 10.0. The fourth-order valence-corrected chi connectivity index (χ4v) is 1.76. The Balaban J connectivity index is 2.36. The Kier molecular flexibility index (Phi) is 3.78. The first kappa shape index (κ1) is 9.77. The maximum atomic E-state index is 10.9. The summed E-state index contributed by atoms with van der Waals surface area (Å²) >= 11 is 2.34. The van der Waals surface area contributed by atoms with Crippen molar-refractivity contribution in [2.75, 3.05) is 0 Å². The standard InChI is InChI=1S/C9H12INO/c1-2-9(12)11-8-5-3-7(10)4-6-8/h2-3,8H,1,4-6H2,(H,11,12). The number of carbonyl (C=O) groups is 1. The SMILES string of the molecule is C=CC(=O)NC1CC=C(I)CC1. The molecule has 1 atom stereocenters. The van der Waals surface area contributed by atoms with Gasteiger partial charge in [-0.05, 0) is 51.5 Å². The summed E-state index contributed by atoms with van der Waals surface area (Å²) in [6.45, 7) is 3.41. The topological polar surface area (TPSA) is 29.1 Å². The lowest BCUT2D eigenvalue weighted by molar-refractivity contribution is -0.117. The summed E-state index contributed by atoms with van der Waals surface area (Å²) in [6.07, 6.45) is 6.59. The molecule has 0 aliphatic heterocycles. The van der Waals surface area contributed by atoms with Crippen molar-refractivity contribution in [3.8, 4) is 0 Å². The number of hydrogen-bond acceptors (Lipinski definition) is 1. The Morgan fingerprint density at radius 1 is 1.83 bits per heavy atom. The van der Waals surface area contributed by atoms with Gasteiger partial charge in [-0.1, -0.05) is 12.7 Å². The van der Waals surface area contributed by atoms with Crippen LogP contribution in [-0.2, 0) is 4.79 Å². The van der Waals surface area contributed by atoms with Crippen LogP contribution >= 0.6 is 22.6 Å². The van der Waals surface area contributed by atoms with E-state index < -0.39 is 0 Å². The van der Waals surface area contributed by atoms with E-state index in [0.717, 1.165) is 19.3 Å². The smallest absolute Gasteiger partial charge is 0.243 e. The highest BCUT2D eigenvalue weighted by Gasteiger charge is 2.13. The van der Waals surface area contributed by atoms with Gasteiger partial charge in [0.25, 0.3) is 0 Å². The van der Waals surface area contributed by atoms with Gasteiger partial charge in [-0.25, -0.2) is 0 Å². The summed E-state index contributed by atoms with van der Waals surface area (Å²) in [5, 5.41) is 2.88. The van der Waals surface area contributed by atoms with Crippen molar-refractivity contribution >= 4 is 28.5 Å². The zero-order chi connectivity index (χ0) is 8.97. The lowest BCUT2D eigenvalue weighted by Crippen LogP contribution is -2.34. The molecule has 1 aliphatic carbocycles. The molecule has 1 unspecified atom stereocenters. The number of carbonyl (C=O) groups excluding carboxylic acids is 1. The lowest BCUT2D eigenvalue weighted by Gasteiger charge is -2.19. The molecular formula is C9H12INO. The van der Waals surface area contributed by atoms with Gasteiger partial charge in [0, 0.05) is 6.04 Å². The van der Waals surface area contributed by atoms with Crippen LogP contribution in [0.15, 0.2) is 22.3 Å². The Hall–Kier alpha value is -0.320. The molecule has 12 heavy (non-hydrogen) atoms. The first-order valence-corrected chi connectivity index (χ1v) is 5.07. The summed E-state index contributed by atoms with van der Waals surface area (Å²) in [5.74, 6) is -0.0645. The van der Waals surface area contributed by atoms with Crippen LogP contribution in [0.1, 0.15) is 19.3 Å². The zero-order valence-electron chi connectivity index (χ0n) is 6.85. The molecule has 0 fully saturated rings. The van der Waals surface area contributed by atoms with E-state index in [2.05, 4.69) is 40.6 Å². The summed E-state index contributed by atoms with van der Waals surface area (Å²) in [6, 6.07) is 0.314. The van der Waals surface area contributed by atoms with Crippen molar-refractivity contribution in [1.82, 2.24) is 5.32 Å². The molecule has 0 spiro atoms. The predicted molar refractivity (Wildman–Crippen MR) is 58.1 cm³/mol. The molecule has 0 bridgehead atoms. The molecule has 0 aromatic carbocycles. The van der Waals surface area contributed by atoms with Gasteiger partial charge >= 0.3 is 0 Å². The maximum Gasteiger partial charge on any atom is 0.243 e. The van der Waals surface area contributed by atoms with Crippen LogP contribution in [0.4, 0.5) is 0 Å². The quantitative estimate of drug-likeness (QED) is 0.608. The molecule has 0 heterocycles. The van der Waals surface area contributed by atoms with Crippen LogP contribution in [0, 0.1) is 0 Å². The number of allylic oxidation sites excluding steroid dienone is 1. The van der Waals surface area contributed by atoms with Crippen molar-refractivity contribution in [3.63, 3.8) is 0 Å². The molecule has 0 saturated heterocycles. The highest BCUT2D eigenvalue weighted by Crippen LogP contribution is 2.22. The van der Waals surface area contributed by atoms with Crippen LogP contribution in [-0.4, -0.2) is 11.9 Å². The molecule has 1 N–H and O–H groups in total. The van der Waals surface area contributed by atoms with Crippen LogP contribution in [0.2, 0.25) is 0 Å². The third-order valence-corrected chi connectivity index (χ3v) is 2.87. The van der Waals surface area contributed by atoms with Crippen molar-refractivity contribution in [2.45, 2.75) is 25.3 Å². The first-order valence-electron chi connectivity index (χ1n) is 4.00. The van der Waals surface area contributed by atoms with Crippen molar-refractivity contribution in [1.29, 1.82) is 0 Å². The Labute approximate surface area is 86.2 Å². The molecule has 1 aliphatic rings. The van der Waals surface area contributed by atoms with Gasteiger partial charge in [-0.2, -0.15) is 0 Å². The van der Waals surface area contributed by atoms with Crippen molar-refractivity contribution < 1.29 is 4.79 Å². The summed E-state index contributed by atoms with van der Waals surface area (Å²) in [4.78, 5) is 10.9. The van der Waals surface area contributed by atoms with Crippen LogP contribution in [0.3, 0.4) is 0 Å². The summed E-state index contributed by atoms with van der Waals surface area (Å²) in [7, 11) is 0. The third kappa shape index (κ3) is 2.97. The minimum Gasteiger partial charge on any atom is -0.350 e. The normalized spacial score (nSPS) is 22.8. The molecule has 0 radical (unpaired) electrons. The van der Waals surface area contributed by atoms with Gasteiger partial charge in [0.1, 0.15) is 0 Å². The molecule has 2 nitrogen and oxygen atoms in total. The average Bonchev–Trinajstić information content (AvgIpc) is 2.09. The van der Waals surface area contributed by atoms with Gasteiger partial charge in [-0.15, -0.1) is 0 Å². The predicted octanol–water partition coefficient (Wildman–Crippen LogP) is 2.16. The number of rotatable bonds is 2. The van der Waals surface area contributed by atoms with E-state index >= 15 is 0 Å². The van der Waals surface area contributed by atoms with Gasteiger partial charge in [-0.3, -0.25) is 4.79 Å². The molecule has 1 amide bonds. The fourth-order valence-electron chi connectivity index (χ4n) is 1.19. The number of halogens is 1. The third-order valence-electron chi connectivity index (χ3n) is 1.89. The number of nitrogens with one attached hydrogen (secondary N) is 1. The van der Waals surface area contributed by atoms with E-state index in [-0.39, 0.29) is 5.91 Å². The Morgan fingerprint density at radius 2 is 2.58 bits per heavy atom. The zero-order valence-corrected chi connectivity index (χ0v) is 9.00. The minimum absolute atomic E-state index is 0.0645. The molecule has 1 rings (SSSR count). The summed E-state index contributed by atoms with van der Waals surface area (Å²) in [5.41, 5.74) is 0. The molecule has 3 heteroatoms. The van der Waals surface area contributed by atoms with Crippen molar-refractivity contribution in [3.05, 3.63) is 22.3 Å². The molecule has 0 saturated carbocycles. The van der Waals surface area contributed by atoms with Gasteiger partial charge < -0.3 is 5.32 Å². The largest absolute Gasteiger partial charge is 0.350 e. The fraction of sp³-hybridized carbons (Fsp3) is 0.444. The Morgan fingerprint density at radius 3 is 3.08 bits per heavy atom. The van der Waals surface area contributed by atoms with Crippen molar-refractivity contribution in [2.24, 2.45) is 0 Å². The van der Waals surface area contributed by atoms with Gasteiger partial charge in [0.05, 0.1) is 0 Å². The monoisotopic (exact) mass is 277 g/mol. The minimum atomic E-state index is -0.0645. The molecule has 0 aromatic heterocycles. The van der Waals surface area contributed by atoms with E-state index in [1.807, 2.05) is 0 Å². The van der Waals surface area contributed by atoms with E-state index in [4.69, 9.17) is 0 Å². The second kappa shape index (κ2) is 4.64. The second-order valence-corrected chi connectivity index (χ2v) is 4.22. The van der Waals surface area contributed by atoms with Gasteiger partial charge in [0.2, 0.25) is 5.91 Å². The maximum absolute atomic E-state index is 10.9. The second-order valence-electron chi connectivity index (χ2n) is 2.84. The molecule has 66 valence electrons. The van der Waals surface area contributed by atoms with E-state index in [0.29, 0.717) is 6.04 Å². The van der Waals surface area contributed by atoms with Crippen LogP contribution in [0.25, 0.3) is 0 Å². The molecular weight excluding hydrogens is 265 g/mol. The highest BCUT2D eigenvalue weighted by atomic mass is 127. The number of hydrogen-bond donors (Lipinski definition) is 1. The first-order chi connectivity index (χ1) is 5.72. The van der Waals surface area contributed by atoms with E-state index in [1.54, 1.807) is 0 Å². The molecule has 0 aromatic rings. The average molecular weight is 277 g/mol. The van der Waals surface area contributed by atoms with E-state index in [1.165, 1.54) is 9.66 Å². The van der Waals surface area contributed by atoms with Crippen LogP contribution in [0.5, 0.6) is 0 Å². The number of amides is 1. The van der Waals surface area contributed by atoms with Crippen LogP contribution < -0.4 is 5.32 Å². The van der Waals surface area contributed by atoms with Gasteiger partial charge in [0.15, 0.2) is 0 Å². The van der Waals surface area contributed by atoms with E-state index in [9.17, 15) is 4.79 Å². The Bertz CT molecular complexity index is 223. The highest BCUT2D eigenvalue weighted by molar-refractivity contribution is 14.1.